The van der Waals surface area contributed by atoms with E-state index in [4.69, 9.17) is 9.26 Å². The van der Waals surface area contributed by atoms with Gasteiger partial charge in [-0.2, -0.15) is 4.98 Å². The van der Waals surface area contributed by atoms with E-state index < -0.39 is 10.0 Å². The molecule has 3 aromatic rings. The number of rotatable bonds is 8. The number of nitrogens with one attached hydrogen (secondary N) is 1. The number of hydrogen-bond donors (Lipinski definition) is 1. The van der Waals surface area contributed by atoms with Crippen LogP contribution in [0.4, 0.5) is 0 Å². The maximum absolute atomic E-state index is 12.6. The molecule has 0 atom stereocenters. The fraction of sp³-hybridized carbons (Fsp3) is 0.333. The van der Waals surface area contributed by atoms with E-state index in [-0.39, 0.29) is 17.3 Å². The van der Waals surface area contributed by atoms with Crippen molar-refractivity contribution in [1.82, 2.24) is 14.9 Å². The van der Waals surface area contributed by atoms with Crippen molar-refractivity contribution < 1.29 is 17.7 Å². The molecule has 0 bridgehead atoms. The minimum absolute atomic E-state index is 0.0904. The van der Waals surface area contributed by atoms with Gasteiger partial charge in [0.05, 0.1) is 18.6 Å². The van der Waals surface area contributed by atoms with E-state index >= 15 is 0 Å². The van der Waals surface area contributed by atoms with Crippen LogP contribution in [-0.4, -0.2) is 25.7 Å². The molecule has 0 aliphatic rings. The molecule has 8 heteroatoms. The Kier molecular flexibility index (Phi) is 6.34. The second-order valence-corrected chi connectivity index (χ2v) is 8.71. The van der Waals surface area contributed by atoms with Crippen LogP contribution < -0.4 is 9.46 Å². The van der Waals surface area contributed by atoms with Gasteiger partial charge < -0.3 is 9.26 Å². The Morgan fingerprint density at radius 1 is 1.14 bits per heavy atom. The molecular formula is C21H25N3O4S. The van der Waals surface area contributed by atoms with Crippen molar-refractivity contribution in [1.29, 1.82) is 0 Å². The molecule has 1 heterocycles. The first-order chi connectivity index (χ1) is 13.8. The third-order valence-electron chi connectivity index (χ3n) is 4.66. The van der Waals surface area contributed by atoms with Crippen LogP contribution in [-0.2, 0) is 23.0 Å². The zero-order chi connectivity index (χ0) is 21.0. The third kappa shape index (κ3) is 4.83. The van der Waals surface area contributed by atoms with E-state index in [0.29, 0.717) is 23.9 Å². The molecule has 0 saturated carbocycles. The van der Waals surface area contributed by atoms with Gasteiger partial charge in [0.1, 0.15) is 5.75 Å². The van der Waals surface area contributed by atoms with E-state index in [9.17, 15) is 8.42 Å². The fourth-order valence-electron chi connectivity index (χ4n) is 2.90. The number of aryl methyl sites for hydroxylation is 1. The van der Waals surface area contributed by atoms with Crippen molar-refractivity contribution in [3.05, 3.63) is 59.5 Å². The Morgan fingerprint density at radius 3 is 2.48 bits per heavy atom. The predicted octanol–water partition coefficient (Wildman–Crippen LogP) is 3.91. The first-order valence-electron chi connectivity index (χ1n) is 9.43. The maximum Gasteiger partial charge on any atom is 0.242 e. The van der Waals surface area contributed by atoms with E-state index in [2.05, 4.69) is 28.7 Å². The molecule has 1 N–H and O–H groups in total. The summed E-state index contributed by atoms with van der Waals surface area (Å²) in [6, 6.07) is 12.7. The Balaban J connectivity index is 1.71. The Bertz CT molecular complexity index is 1070. The van der Waals surface area contributed by atoms with Crippen molar-refractivity contribution in [2.45, 2.75) is 44.6 Å². The smallest absolute Gasteiger partial charge is 0.242 e. The average Bonchev–Trinajstić information content (AvgIpc) is 3.21. The number of nitrogens with zero attached hydrogens (tertiary/aromatic N) is 2. The van der Waals surface area contributed by atoms with Gasteiger partial charge >= 0.3 is 0 Å². The van der Waals surface area contributed by atoms with Gasteiger partial charge in [-0.05, 0) is 41.7 Å². The zero-order valence-electron chi connectivity index (χ0n) is 17.0. The van der Waals surface area contributed by atoms with E-state index in [1.165, 1.54) is 11.6 Å². The normalized spacial score (nSPS) is 11.8. The highest BCUT2D eigenvalue weighted by Crippen LogP contribution is 2.23. The number of methoxy groups -OCH3 is 1. The first kappa shape index (κ1) is 21.0. The molecule has 0 fully saturated rings. The molecule has 29 heavy (non-hydrogen) atoms. The summed E-state index contributed by atoms with van der Waals surface area (Å²) >= 11 is 0. The number of aromatic nitrogens is 2. The van der Waals surface area contributed by atoms with E-state index in [1.807, 2.05) is 31.2 Å². The second kappa shape index (κ2) is 8.75. The predicted molar refractivity (Wildman–Crippen MR) is 110 cm³/mol. The number of sulfonamides is 1. The van der Waals surface area contributed by atoms with Crippen LogP contribution in [0.5, 0.6) is 5.75 Å². The quantitative estimate of drug-likeness (QED) is 0.599. The summed E-state index contributed by atoms with van der Waals surface area (Å²) in [7, 11) is -2.16. The van der Waals surface area contributed by atoms with Gasteiger partial charge in [0, 0.05) is 5.56 Å². The molecule has 3 rings (SSSR count). The molecule has 154 valence electrons. The lowest BCUT2D eigenvalue weighted by atomic mass is 10.0. The molecule has 0 unspecified atom stereocenters. The molecule has 1 aromatic heterocycles. The molecule has 7 nitrogen and oxygen atoms in total. The molecule has 0 amide bonds. The van der Waals surface area contributed by atoms with Crippen molar-refractivity contribution >= 4 is 10.0 Å². The van der Waals surface area contributed by atoms with Gasteiger partial charge in [-0.3, -0.25) is 0 Å². The van der Waals surface area contributed by atoms with Crippen molar-refractivity contribution in [2.75, 3.05) is 7.11 Å². The topological polar surface area (TPSA) is 94.3 Å². The zero-order valence-corrected chi connectivity index (χ0v) is 17.8. The fourth-order valence-corrected chi connectivity index (χ4v) is 3.92. The van der Waals surface area contributed by atoms with Gasteiger partial charge in [-0.25, -0.2) is 13.1 Å². The van der Waals surface area contributed by atoms with Crippen molar-refractivity contribution in [2.24, 2.45) is 0 Å². The molecule has 0 saturated heterocycles. The average molecular weight is 416 g/mol. The summed E-state index contributed by atoms with van der Waals surface area (Å²) in [4.78, 5) is 4.45. The lowest BCUT2D eigenvalue weighted by Gasteiger charge is -2.10. The Labute approximate surface area is 171 Å². The van der Waals surface area contributed by atoms with Gasteiger partial charge in [-0.1, -0.05) is 50.2 Å². The van der Waals surface area contributed by atoms with Crippen LogP contribution >= 0.6 is 0 Å². The molecule has 0 radical (unpaired) electrons. The van der Waals surface area contributed by atoms with Gasteiger partial charge in [-0.15, -0.1) is 0 Å². The van der Waals surface area contributed by atoms with E-state index in [0.717, 1.165) is 11.1 Å². The van der Waals surface area contributed by atoms with Crippen LogP contribution in [0.2, 0.25) is 0 Å². The van der Waals surface area contributed by atoms with Crippen LogP contribution in [0.3, 0.4) is 0 Å². The number of benzene rings is 2. The molecule has 0 aliphatic carbocycles. The Morgan fingerprint density at radius 2 is 1.86 bits per heavy atom. The Hall–Kier alpha value is -2.71. The highest BCUT2D eigenvalue weighted by atomic mass is 32.2. The van der Waals surface area contributed by atoms with Gasteiger partial charge in [0.15, 0.2) is 0 Å². The molecule has 0 spiro atoms. The number of ether oxygens (including phenoxy) is 1. The highest BCUT2D eigenvalue weighted by Gasteiger charge is 2.18. The summed E-state index contributed by atoms with van der Waals surface area (Å²) in [5.41, 5.74) is 2.85. The van der Waals surface area contributed by atoms with Crippen molar-refractivity contribution in [3.8, 4) is 17.1 Å². The summed E-state index contributed by atoms with van der Waals surface area (Å²) in [5.74, 6) is 1.72. The molecule has 2 aromatic carbocycles. The SMILES string of the molecule is CCc1cc(S(=O)(=O)NCc2nc(-c3ccc(C(C)C)cc3)no2)ccc1OC. The maximum atomic E-state index is 12.6. The summed E-state index contributed by atoms with van der Waals surface area (Å²) in [5, 5.41) is 3.95. The van der Waals surface area contributed by atoms with E-state index in [1.54, 1.807) is 19.2 Å². The van der Waals surface area contributed by atoms with Crippen molar-refractivity contribution in [3.63, 3.8) is 0 Å². The second-order valence-electron chi connectivity index (χ2n) is 6.94. The standard InChI is InChI=1S/C21H25N3O4S/c1-5-15-12-18(10-11-19(15)27-4)29(25,26)22-13-20-23-21(24-28-20)17-8-6-16(7-9-17)14(2)3/h6-12,14,22H,5,13H2,1-4H3. The summed E-state index contributed by atoms with van der Waals surface area (Å²) < 4.78 is 38.2. The van der Waals surface area contributed by atoms with Crippen LogP contribution in [0, 0.1) is 0 Å². The largest absolute Gasteiger partial charge is 0.496 e. The highest BCUT2D eigenvalue weighted by molar-refractivity contribution is 7.89. The van der Waals surface area contributed by atoms with Gasteiger partial charge in [0.2, 0.25) is 21.7 Å². The molecular weight excluding hydrogens is 390 g/mol. The monoisotopic (exact) mass is 415 g/mol. The van der Waals surface area contributed by atoms with Crippen LogP contribution in [0.15, 0.2) is 51.9 Å². The molecule has 0 aliphatic heterocycles. The summed E-state index contributed by atoms with van der Waals surface area (Å²) in [6.45, 7) is 6.10. The third-order valence-corrected chi connectivity index (χ3v) is 6.06. The first-order valence-corrected chi connectivity index (χ1v) is 10.9. The minimum atomic E-state index is -3.72. The number of hydrogen-bond acceptors (Lipinski definition) is 6. The van der Waals surface area contributed by atoms with Crippen LogP contribution in [0.1, 0.15) is 43.7 Å². The minimum Gasteiger partial charge on any atom is -0.496 e. The summed E-state index contributed by atoms with van der Waals surface area (Å²) in [6.07, 6.45) is 0.662. The van der Waals surface area contributed by atoms with Crippen LogP contribution in [0.25, 0.3) is 11.4 Å². The van der Waals surface area contributed by atoms with Gasteiger partial charge in [0.25, 0.3) is 0 Å². The lowest BCUT2D eigenvalue weighted by Crippen LogP contribution is -2.23. The lowest BCUT2D eigenvalue weighted by molar-refractivity contribution is 0.376.